The average molecular weight is 283 g/mol. The number of nitriles is 1. The van der Waals surface area contributed by atoms with Crippen molar-refractivity contribution >= 4 is 0 Å². The lowest BCUT2D eigenvalue weighted by Crippen LogP contribution is -2.23. The fourth-order valence-electron chi connectivity index (χ4n) is 3.71. The zero-order valence-electron chi connectivity index (χ0n) is 13.7. The van der Waals surface area contributed by atoms with Crippen LogP contribution in [0.25, 0.3) is 0 Å². The second kappa shape index (κ2) is 7.64. The van der Waals surface area contributed by atoms with Gasteiger partial charge in [-0.2, -0.15) is 5.26 Å². The van der Waals surface area contributed by atoms with Crippen LogP contribution >= 0.6 is 0 Å². The minimum Gasteiger partial charge on any atom is -0.192 e. The van der Waals surface area contributed by atoms with E-state index < -0.39 is 0 Å². The van der Waals surface area contributed by atoms with Gasteiger partial charge < -0.3 is 0 Å². The van der Waals surface area contributed by atoms with Gasteiger partial charge in [-0.15, -0.1) is 0 Å². The standard InChI is InChI=1S/C20H29N/c1-3-4-5-6-13-20(2)14-11-19(12-15-20)18-9-7-17(16-21)8-10-18/h7-10,19H,3-6,11-15H2,1-2H3. The fourth-order valence-corrected chi connectivity index (χ4v) is 3.71. The van der Waals surface area contributed by atoms with Gasteiger partial charge >= 0.3 is 0 Å². The summed E-state index contributed by atoms with van der Waals surface area (Å²) < 4.78 is 0. The van der Waals surface area contributed by atoms with Crippen LogP contribution in [-0.2, 0) is 0 Å². The van der Waals surface area contributed by atoms with E-state index in [-0.39, 0.29) is 0 Å². The zero-order valence-corrected chi connectivity index (χ0v) is 13.7. The van der Waals surface area contributed by atoms with Gasteiger partial charge in [-0.3, -0.25) is 0 Å². The Balaban J connectivity index is 1.83. The van der Waals surface area contributed by atoms with E-state index >= 15 is 0 Å². The van der Waals surface area contributed by atoms with E-state index in [9.17, 15) is 0 Å². The van der Waals surface area contributed by atoms with Gasteiger partial charge in [0.1, 0.15) is 0 Å². The van der Waals surface area contributed by atoms with Crippen LogP contribution < -0.4 is 0 Å². The molecule has 0 spiro atoms. The molecule has 1 aromatic carbocycles. The minimum absolute atomic E-state index is 0.580. The van der Waals surface area contributed by atoms with Crippen molar-refractivity contribution in [3.8, 4) is 6.07 Å². The molecule has 1 saturated carbocycles. The van der Waals surface area contributed by atoms with Gasteiger partial charge in [-0.05, 0) is 61.1 Å². The predicted molar refractivity (Wildman–Crippen MR) is 89.2 cm³/mol. The highest BCUT2D eigenvalue weighted by Crippen LogP contribution is 2.45. The Morgan fingerprint density at radius 3 is 2.33 bits per heavy atom. The van der Waals surface area contributed by atoms with Crippen molar-refractivity contribution in [2.45, 2.75) is 77.6 Å². The molecule has 0 unspecified atom stereocenters. The molecule has 1 aliphatic carbocycles. The molecule has 114 valence electrons. The van der Waals surface area contributed by atoms with E-state index in [0.717, 1.165) is 5.56 Å². The summed E-state index contributed by atoms with van der Waals surface area (Å²) in [7, 11) is 0. The van der Waals surface area contributed by atoms with Crippen LogP contribution in [0.1, 0.15) is 88.7 Å². The third-order valence-electron chi connectivity index (χ3n) is 5.34. The molecular weight excluding hydrogens is 254 g/mol. The van der Waals surface area contributed by atoms with Gasteiger partial charge in [0.25, 0.3) is 0 Å². The molecule has 0 amide bonds. The van der Waals surface area contributed by atoms with Crippen molar-refractivity contribution < 1.29 is 0 Å². The van der Waals surface area contributed by atoms with E-state index in [2.05, 4.69) is 32.0 Å². The van der Waals surface area contributed by atoms with Crippen LogP contribution in [0, 0.1) is 16.7 Å². The molecule has 0 aliphatic heterocycles. The van der Waals surface area contributed by atoms with E-state index in [4.69, 9.17) is 5.26 Å². The van der Waals surface area contributed by atoms with E-state index in [0.29, 0.717) is 11.3 Å². The SMILES string of the molecule is CCCCCCC1(C)CCC(c2ccc(C#N)cc2)CC1. The molecule has 2 rings (SSSR count). The van der Waals surface area contributed by atoms with Crippen molar-refractivity contribution in [3.05, 3.63) is 35.4 Å². The van der Waals surface area contributed by atoms with Crippen LogP contribution in [0.5, 0.6) is 0 Å². The molecule has 0 bridgehead atoms. The number of rotatable bonds is 6. The lowest BCUT2D eigenvalue weighted by atomic mass is 9.68. The molecular formula is C20H29N. The summed E-state index contributed by atoms with van der Waals surface area (Å²) in [6.07, 6.45) is 12.3. The lowest BCUT2D eigenvalue weighted by molar-refractivity contribution is 0.178. The smallest absolute Gasteiger partial charge is 0.0991 e. The zero-order chi connectivity index (χ0) is 15.1. The van der Waals surface area contributed by atoms with Crippen molar-refractivity contribution in [3.63, 3.8) is 0 Å². The highest BCUT2D eigenvalue weighted by Gasteiger charge is 2.30. The molecule has 1 heteroatoms. The van der Waals surface area contributed by atoms with Gasteiger partial charge in [-0.25, -0.2) is 0 Å². The summed E-state index contributed by atoms with van der Waals surface area (Å²) in [6.45, 7) is 4.78. The van der Waals surface area contributed by atoms with Crippen LogP contribution in [0.3, 0.4) is 0 Å². The molecule has 0 atom stereocenters. The monoisotopic (exact) mass is 283 g/mol. The van der Waals surface area contributed by atoms with Crippen LogP contribution in [0.2, 0.25) is 0 Å². The Morgan fingerprint density at radius 2 is 1.76 bits per heavy atom. The predicted octanol–water partition coefficient (Wildman–Crippen LogP) is 6.19. The summed E-state index contributed by atoms with van der Waals surface area (Å²) in [5.41, 5.74) is 2.79. The molecule has 0 aromatic heterocycles. The first kappa shape index (κ1) is 16.1. The maximum atomic E-state index is 8.88. The van der Waals surface area contributed by atoms with Gasteiger partial charge in [0.15, 0.2) is 0 Å². The number of hydrogen-bond acceptors (Lipinski definition) is 1. The number of benzene rings is 1. The van der Waals surface area contributed by atoms with E-state index in [1.165, 1.54) is 63.4 Å². The quantitative estimate of drug-likeness (QED) is 0.571. The largest absolute Gasteiger partial charge is 0.192 e. The Bertz CT molecular complexity index is 458. The number of nitrogens with zero attached hydrogens (tertiary/aromatic N) is 1. The molecule has 1 aromatic rings. The number of unbranched alkanes of at least 4 members (excludes halogenated alkanes) is 3. The third kappa shape index (κ3) is 4.60. The summed E-state index contributed by atoms with van der Waals surface area (Å²) >= 11 is 0. The van der Waals surface area contributed by atoms with E-state index in [1.54, 1.807) is 0 Å². The van der Waals surface area contributed by atoms with Gasteiger partial charge in [-0.1, -0.05) is 51.7 Å². The van der Waals surface area contributed by atoms with Crippen LogP contribution in [-0.4, -0.2) is 0 Å². The van der Waals surface area contributed by atoms with Gasteiger partial charge in [0.2, 0.25) is 0 Å². The second-order valence-corrected chi connectivity index (χ2v) is 7.13. The highest BCUT2D eigenvalue weighted by molar-refractivity contribution is 5.33. The average Bonchev–Trinajstić information content (AvgIpc) is 2.53. The molecule has 0 N–H and O–H groups in total. The maximum absolute atomic E-state index is 8.88. The molecule has 0 heterocycles. The summed E-state index contributed by atoms with van der Waals surface area (Å²) in [5, 5.41) is 8.88. The Kier molecular flexibility index (Phi) is 5.85. The van der Waals surface area contributed by atoms with Crippen molar-refractivity contribution in [1.29, 1.82) is 5.26 Å². The molecule has 1 fully saturated rings. The third-order valence-corrected chi connectivity index (χ3v) is 5.34. The highest BCUT2D eigenvalue weighted by atomic mass is 14.4. The van der Waals surface area contributed by atoms with Crippen molar-refractivity contribution in [2.75, 3.05) is 0 Å². The van der Waals surface area contributed by atoms with E-state index in [1.807, 2.05) is 12.1 Å². The van der Waals surface area contributed by atoms with Crippen molar-refractivity contribution in [1.82, 2.24) is 0 Å². The molecule has 1 nitrogen and oxygen atoms in total. The first-order chi connectivity index (χ1) is 10.2. The minimum atomic E-state index is 0.580. The topological polar surface area (TPSA) is 23.8 Å². The van der Waals surface area contributed by atoms with Gasteiger partial charge in [0, 0.05) is 0 Å². The van der Waals surface area contributed by atoms with Crippen LogP contribution in [0.4, 0.5) is 0 Å². The molecule has 1 aliphatic rings. The Morgan fingerprint density at radius 1 is 1.10 bits per heavy atom. The Hall–Kier alpha value is -1.29. The summed E-state index contributed by atoms with van der Waals surface area (Å²) in [4.78, 5) is 0. The fraction of sp³-hybridized carbons (Fsp3) is 0.650. The maximum Gasteiger partial charge on any atom is 0.0991 e. The number of hydrogen-bond donors (Lipinski definition) is 0. The molecule has 21 heavy (non-hydrogen) atoms. The first-order valence-corrected chi connectivity index (χ1v) is 8.67. The Labute approximate surface area is 130 Å². The summed E-state index contributed by atoms with van der Waals surface area (Å²) in [5.74, 6) is 0.710. The molecule has 0 saturated heterocycles. The molecule has 0 radical (unpaired) electrons. The lowest BCUT2D eigenvalue weighted by Gasteiger charge is -2.38. The second-order valence-electron chi connectivity index (χ2n) is 7.13. The first-order valence-electron chi connectivity index (χ1n) is 8.67. The van der Waals surface area contributed by atoms with Crippen molar-refractivity contribution in [2.24, 2.45) is 5.41 Å². The summed E-state index contributed by atoms with van der Waals surface area (Å²) in [6, 6.07) is 10.5. The van der Waals surface area contributed by atoms with Gasteiger partial charge in [0.05, 0.1) is 11.6 Å². The van der Waals surface area contributed by atoms with Crippen LogP contribution in [0.15, 0.2) is 24.3 Å². The normalized spacial score (nSPS) is 25.5.